The molecule has 38 heavy (non-hydrogen) atoms. The number of hydrogen-bond donors (Lipinski definition) is 1. The van der Waals surface area contributed by atoms with Crippen molar-refractivity contribution in [3.05, 3.63) is 84.2 Å². The summed E-state index contributed by atoms with van der Waals surface area (Å²) < 4.78 is 47.1. The lowest BCUT2D eigenvalue weighted by atomic mass is 10.2. The highest BCUT2D eigenvalue weighted by molar-refractivity contribution is 7.99. The predicted octanol–water partition coefficient (Wildman–Crippen LogP) is 3.74. The summed E-state index contributed by atoms with van der Waals surface area (Å²) in [5.74, 6) is 0.440. The lowest BCUT2D eigenvalue weighted by Gasteiger charge is -2.13. The Morgan fingerprint density at radius 1 is 1.05 bits per heavy atom. The van der Waals surface area contributed by atoms with Gasteiger partial charge in [-0.1, -0.05) is 42.1 Å². The van der Waals surface area contributed by atoms with Crippen molar-refractivity contribution >= 4 is 27.7 Å². The molecule has 0 aliphatic heterocycles. The average molecular weight is 556 g/mol. The predicted molar refractivity (Wildman–Crippen MR) is 143 cm³/mol. The van der Waals surface area contributed by atoms with Crippen LogP contribution in [-0.2, 0) is 21.4 Å². The number of benzene rings is 3. The van der Waals surface area contributed by atoms with Crippen LogP contribution in [0.3, 0.4) is 0 Å². The van der Waals surface area contributed by atoms with Gasteiger partial charge in [0.15, 0.2) is 11.0 Å². The molecule has 4 aromatic rings. The Balaban J connectivity index is 1.61. The summed E-state index contributed by atoms with van der Waals surface area (Å²) in [6, 6.07) is 19.5. The van der Waals surface area contributed by atoms with E-state index >= 15 is 0 Å². The van der Waals surface area contributed by atoms with E-state index in [1.807, 2.05) is 24.3 Å². The number of carbonyl (C=O) groups excluding carboxylic acids is 1. The van der Waals surface area contributed by atoms with Gasteiger partial charge < -0.3 is 10.1 Å². The zero-order valence-electron chi connectivity index (χ0n) is 21.0. The molecule has 9 nitrogen and oxygen atoms in total. The Labute approximate surface area is 224 Å². The van der Waals surface area contributed by atoms with Gasteiger partial charge >= 0.3 is 0 Å². The molecule has 1 N–H and O–H groups in total. The van der Waals surface area contributed by atoms with Gasteiger partial charge in [-0.05, 0) is 42.5 Å². The lowest BCUT2D eigenvalue weighted by molar-refractivity contribution is -0.118. The normalized spacial score (nSPS) is 11.5. The molecule has 0 aliphatic carbocycles. The van der Waals surface area contributed by atoms with Crippen molar-refractivity contribution in [3.63, 3.8) is 0 Å². The van der Waals surface area contributed by atoms with E-state index in [0.29, 0.717) is 34.5 Å². The minimum Gasteiger partial charge on any atom is -0.496 e. The van der Waals surface area contributed by atoms with Crippen molar-refractivity contribution in [2.45, 2.75) is 16.6 Å². The third-order valence-electron chi connectivity index (χ3n) is 5.59. The molecule has 0 radical (unpaired) electrons. The number of halogens is 1. The first-order valence-corrected chi connectivity index (χ1v) is 13.9. The molecule has 3 aromatic carbocycles. The number of ether oxygens (including phenoxy) is 1. The molecule has 1 aromatic heterocycles. The van der Waals surface area contributed by atoms with Crippen LogP contribution < -0.4 is 10.1 Å². The maximum absolute atomic E-state index is 13.7. The van der Waals surface area contributed by atoms with Crippen molar-refractivity contribution in [2.24, 2.45) is 0 Å². The standard InChI is InChI=1S/C26H26FN5O4S2/c1-31(2)38(34,35)22-9-6-8-18(15-22)25-29-30-26(32(25)21-13-11-20(27)12-14-21)37-17-24(33)28-16-19-7-4-5-10-23(19)36-3/h4-15H,16-17H2,1-3H3,(H,28,33). The van der Waals surface area contributed by atoms with Gasteiger partial charge in [0, 0.05) is 37.5 Å². The fourth-order valence-electron chi connectivity index (χ4n) is 3.60. The van der Waals surface area contributed by atoms with E-state index in [2.05, 4.69) is 15.5 Å². The molecule has 1 amide bonds. The smallest absolute Gasteiger partial charge is 0.242 e. The lowest BCUT2D eigenvalue weighted by Crippen LogP contribution is -2.25. The molecule has 0 saturated carbocycles. The summed E-state index contributed by atoms with van der Waals surface area (Å²) in [4.78, 5) is 12.7. The van der Waals surface area contributed by atoms with Crippen LogP contribution in [0.25, 0.3) is 17.1 Å². The summed E-state index contributed by atoms with van der Waals surface area (Å²) in [5.41, 5.74) is 1.90. The van der Waals surface area contributed by atoms with E-state index in [1.54, 1.807) is 35.9 Å². The Morgan fingerprint density at radius 2 is 1.79 bits per heavy atom. The highest BCUT2D eigenvalue weighted by Gasteiger charge is 2.21. The fourth-order valence-corrected chi connectivity index (χ4v) is 5.33. The first kappa shape index (κ1) is 27.3. The zero-order chi connectivity index (χ0) is 27.3. The molecule has 0 atom stereocenters. The van der Waals surface area contributed by atoms with Crippen molar-refractivity contribution < 1.29 is 22.3 Å². The molecule has 12 heteroatoms. The molecular formula is C26H26FN5O4S2. The number of nitrogens with zero attached hydrogens (tertiary/aromatic N) is 4. The van der Waals surface area contributed by atoms with Gasteiger partial charge in [-0.25, -0.2) is 17.1 Å². The number of para-hydroxylation sites is 1. The van der Waals surface area contributed by atoms with Crippen LogP contribution in [0.5, 0.6) is 5.75 Å². The largest absolute Gasteiger partial charge is 0.496 e. The molecule has 0 bridgehead atoms. The highest BCUT2D eigenvalue weighted by atomic mass is 32.2. The van der Waals surface area contributed by atoms with Crippen LogP contribution >= 0.6 is 11.8 Å². The summed E-state index contributed by atoms with van der Waals surface area (Å²) >= 11 is 1.16. The average Bonchev–Trinajstić information content (AvgIpc) is 3.35. The third kappa shape index (κ3) is 6.04. The molecule has 0 unspecified atom stereocenters. The first-order chi connectivity index (χ1) is 18.2. The van der Waals surface area contributed by atoms with Gasteiger partial charge in [-0.15, -0.1) is 10.2 Å². The summed E-state index contributed by atoms with van der Waals surface area (Å²) in [7, 11) is 0.801. The van der Waals surface area contributed by atoms with Crippen molar-refractivity contribution in [3.8, 4) is 22.8 Å². The number of nitrogens with one attached hydrogen (secondary N) is 1. The van der Waals surface area contributed by atoms with E-state index in [1.165, 1.54) is 38.4 Å². The minimum absolute atomic E-state index is 0.0452. The molecule has 4 rings (SSSR count). The Hall–Kier alpha value is -3.74. The zero-order valence-corrected chi connectivity index (χ0v) is 22.6. The van der Waals surface area contributed by atoms with Crippen molar-refractivity contribution in [1.82, 2.24) is 24.4 Å². The molecule has 0 aliphatic rings. The maximum atomic E-state index is 13.7. The van der Waals surface area contributed by atoms with E-state index in [0.717, 1.165) is 21.6 Å². The van der Waals surface area contributed by atoms with Crippen LogP contribution in [0.4, 0.5) is 4.39 Å². The number of hydrogen-bond acceptors (Lipinski definition) is 7. The van der Waals surface area contributed by atoms with Gasteiger partial charge in [0.25, 0.3) is 0 Å². The summed E-state index contributed by atoms with van der Waals surface area (Å²) in [5, 5.41) is 11.8. The van der Waals surface area contributed by atoms with E-state index < -0.39 is 15.8 Å². The van der Waals surface area contributed by atoms with Crippen molar-refractivity contribution in [1.29, 1.82) is 0 Å². The van der Waals surface area contributed by atoms with Crippen molar-refractivity contribution in [2.75, 3.05) is 27.0 Å². The van der Waals surface area contributed by atoms with Gasteiger partial charge in [0.05, 0.1) is 17.8 Å². The van der Waals surface area contributed by atoms with E-state index in [9.17, 15) is 17.6 Å². The Morgan fingerprint density at radius 3 is 2.50 bits per heavy atom. The number of thioether (sulfide) groups is 1. The first-order valence-electron chi connectivity index (χ1n) is 11.5. The van der Waals surface area contributed by atoms with E-state index in [-0.39, 0.29) is 16.6 Å². The maximum Gasteiger partial charge on any atom is 0.242 e. The fraction of sp³-hybridized carbons (Fsp3) is 0.192. The molecular weight excluding hydrogens is 529 g/mol. The van der Waals surface area contributed by atoms with Crippen LogP contribution in [0.15, 0.2) is 82.8 Å². The number of aromatic nitrogens is 3. The third-order valence-corrected chi connectivity index (χ3v) is 8.33. The summed E-state index contributed by atoms with van der Waals surface area (Å²) in [6.45, 7) is 0.298. The SMILES string of the molecule is COc1ccccc1CNC(=O)CSc1nnc(-c2cccc(S(=O)(=O)N(C)C)c2)n1-c1ccc(F)cc1. The molecule has 198 valence electrons. The Bertz CT molecular complexity index is 1540. The van der Waals surface area contributed by atoms with Gasteiger partial charge in [0.1, 0.15) is 11.6 Å². The van der Waals surface area contributed by atoms with Crippen LogP contribution in [0.1, 0.15) is 5.56 Å². The van der Waals surface area contributed by atoms with Crippen LogP contribution in [0, 0.1) is 5.82 Å². The molecule has 0 fully saturated rings. The number of sulfonamides is 1. The monoisotopic (exact) mass is 555 g/mol. The number of methoxy groups -OCH3 is 1. The number of carbonyl (C=O) groups is 1. The summed E-state index contributed by atoms with van der Waals surface area (Å²) in [6.07, 6.45) is 0. The number of rotatable bonds is 10. The minimum atomic E-state index is -3.68. The topological polar surface area (TPSA) is 106 Å². The molecule has 1 heterocycles. The number of amides is 1. The van der Waals surface area contributed by atoms with Gasteiger partial charge in [-0.3, -0.25) is 9.36 Å². The second kappa shape index (κ2) is 11.8. The molecule has 0 saturated heterocycles. The highest BCUT2D eigenvalue weighted by Crippen LogP contribution is 2.30. The van der Waals surface area contributed by atoms with Gasteiger partial charge in [-0.2, -0.15) is 0 Å². The van der Waals surface area contributed by atoms with Crippen LogP contribution in [0.2, 0.25) is 0 Å². The second-order valence-corrected chi connectivity index (χ2v) is 11.4. The second-order valence-electron chi connectivity index (χ2n) is 8.31. The Kier molecular flexibility index (Phi) is 8.45. The van der Waals surface area contributed by atoms with E-state index in [4.69, 9.17) is 4.74 Å². The van der Waals surface area contributed by atoms with Gasteiger partial charge in [0.2, 0.25) is 15.9 Å². The quantitative estimate of drug-likeness (QED) is 0.297. The molecule has 0 spiro atoms. The van der Waals surface area contributed by atoms with Crippen LogP contribution in [-0.4, -0.2) is 60.4 Å².